The maximum absolute atomic E-state index is 13.2. The molecular weight excluding hydrogens is 414 g/mol. The van der Waals surface area contributed by atoms with Gasteiger partial charge in [-0.2, -0.15) is 0 Å². The van der Waals surface area contributed by atoms with Gasteiger partial charge in [0.25, 0.3) is 11.6 Å². The van der Waals surface area contributed by atoms with Crippen LogP contribution in [0.2, 0.25) is 0 Å². The van der Waals surface area contributed by atoms with Crippen LogP contribution in [0.15, 0.2) is 52.1 Å². The maximum atomic E-state index is 13.2. The largest absolute Gasteiger partial charge is 0.503 e. The highest BCUT2D eigenvalue weighted by molar-refractivity contribution is 6.15. The standard InChI is InChI=1S/C23H25N3O6/c1-15-8-9-18(32-15)21(27)19-20(16-6-5-7-17(14-16)26(30)31)25(23(29)22(19)28)13-12-24-10-3-2-4-11-24/h5-9,14,20,28H,2-4,10-13H2,1H3. The Balaban J connectivity index is 1.71. The number of Topliss-reactive ketones (excluding diaryl/α,β-unsaturated/α-hetero) is 1. The first kappa shape index (κ1) is 21.8. The van der Waals surface area contributed by atoms with Gasteiger partial charge in [0.2, 0.25) is 5.78 Å². The molecule has 1 aromatic carbocycles. The molecular formula is C23H25N3O6. The third-order valence-electron chi connectivity index (χ3n) is 6.02. The van der Waals surface area contributed by atoms with Crippen molar-refractivity contribution in [2.24, 2.45) is 0 Å². The summed E-state index contributed by atoms with van der Waals surface area (Å²) < 4.78 is 5.44. The zero-order valence-corrected chi connectivity index (χ0v) is 17.8. The molecule has 3 heterocycles. The molecule has 168 valence electrons. The average molecular weight is 439 g/mol. The summed E-state index contributed by atoms with van der Waals surface area (Å²) in [6, 6.07) is 7.99. The molecule has 0 radical (unpaired) electrons. The van der Waals surface area contributed by atoms with E-state index < -0.39 is 28.4 Å². The Bertz CT molecular complexity index is 1080. The van der Waals surface area contributed by atoms with Crippen LogP contribution in [0, 0.1) is 17.0 Å². The van der Waals surface area contributed by atoms with Crippen molar-refractivity contribution in [3.63, 3.8) is 0 Å². The SMILES string of the molecule is Cc1ccc(C(=O)C2=C(O)C(=O)N(CCN3CCCCC3)C2c2cccc([N+](=O)[O-])c2)o1. The Morgan fingerprint density at radius 2 is 1.94 bits per heavy atom. The quantitative estimate of drug-likeness (QED) is 0.398. The van der Waals surface area contributed by atoms with Gasteiger partial charge in [-0.05, 0) is 50.6 Å². The Kier molecular flexibility index (Phi) is 6.09. The normalized spacial score (nSPS) is 19.6. The Morgan fingerprint density at radius 3 is 2.59 bits per heavy atom. The van der Waals surface area contributed by atoms with Crippen molar-refractivity contribution in [1.82, 2.24) is 9.80 Å². The number of non-ortho nitro benzene ring substituents is 1. The Morgan fingerprint density at radius 1 is 1.19 bits per heavy atom. The van der Waals surface area contributed by atoms with Crippen molar-refractivity contribution in [3.8, 4) is 0 Å². The number of benzene rings is 1. The zero-order chi connectivity index (χ0) is 22.8. The van der Waals surface area contributed by atoms with Crippen LogP contribution in [0.1, 0.15) is 47.2 Å². The first-order valence-corrected chi connectivity index (χ1v) is 10.7. The van der Waals surface area contributed by atoms with Crippen molar-refractivity contribution >= 4 is 17.4 Å². The Hall–Kier alpha value is -3.46. The molecule has 1 unspecified atom stereocenters. The minimum Gasteiger partial charge on any atom is -0.503 e. The first-order chi connectivity index (χ1) is 15.4. The maximum Gasteiger partial charge on any atom is 0.290 e. The molecule has 9 nitrogen and oxygen atoms in total. The smallest absolute Gasteiger partial charge is 0.290 e. The number of aliphatic hydroxyl groups is 1. The van der Waals surface area contributed by atoms with Gasteiger partial charge in [0.1, 0.15) is 5.76 Å². The lowest BCUT2D eigenvalue weighted by molar-refractivity contribution is -0.384. The number of amides is 1. The molecule has 2 aliphatic heterocycles. The number of likely N-dealkylation sites (tertiary alicyclic amines) is 1. The second kappa shape index (κ2) is 8.96. The van der Waals surface area contributed by atoms with Gasteiger partial charge >= 0.3 is 0 Å². The van der Waals surface area contributed by atoms with E-state index in [1.807, 2.05) is 0 Å². The predicted octanol–water partition coefficient (Wildman–Crippen LogP) is 3.56. The summed E-state index contributed by atoms with van der Waals surface area (Å²) in [5, 5.41) is 22.0. The van der Waals surface area contributed by atoms with Crippen molar-refractivity contribution in [2.45, 2.75) is 32.2 Å². The van der Waals surface area contributed by atoms with Crippen LogP contribution in [-0.2, 0) is 4.79 Å². The Labute approximate surface area is 185 Å². The van der Waals surface area contributed by atoms with Gasteiger partial charge in [0.15, 0.2) is 11.5 Å². The van der Waals surface area contributed by atoms with E-state index in [-0.39, 0.29) is 23.6 Å². The molecule has 4 rings (SSSR count). The highest BCUT2D eigenvalue weighted by atomic mass is 16.6. The fourth-order valence-corrected chi connectivity index (χ4v) is 4.39. The lowest BCUT2D eigenvalue weighted by Gasteiger charge is -2.31. The van der Waals surface area contributed by atoms with Crippen molar-refractivity contribution in [3.05, 3.63) is 74.9 Å². The van der Waals surface area contributed by atoms with E-state index in [1.54, 1.807) is 19.1 Å². The summed E-state index contributed by atoms with van der Waals surface area (Å²) in [5.41, 5.74) is 0.114. The lowest BCUT2D eigenvalue weighted by atomic mass is 9.94. The van der Waals surface area contributed by atoms with Gasteiger partial charge in [0.05, 0.1) is 16.5 Å². The van der Waals surface area contributed by atoms with Gasteiger partial charge < -0.3 is 19.3 Å². The number of nitro benzene ring substituents is 1. The van der Waals surface area contributed by atoms with Crippen LogP contribution in [0.4, 0.5) is 5.69 Å². The number of nitro groups is 1. The van der Waals surface area contributed by atoms with Crippen LogP contribution in [0.3, 0.4) is 0 Å². The highest BCUT2D eigenvalue weighted by Gasteiger charge is 2.44. The topological polar surface area (TPSA) is 117 Å². The second-order valence-electron chi connectivity index (χ2n) is 8.16. The van der Waals surface area contributed by atoms with E-state index in [2.05, 4.69) is 4.90 Å². The fraction of sp³-hybridized carbons (Fsp3) is 0.391. The molecule has 2 aromatic rings. The van der Waals surface area contributed by atoms with Crippen LogP contribution >= 0.6 is 0 Å². The number of aryl methyl sites for hydroxylation is 1. The molecule has 0 spiro atoms. The number of piperidine rings is 1. The van der Waals surface area contributed by atoms with Gasteiger partial charge in [-0.25, -0.2) is 0 Å². The molecule has 32 heavy (non-hydrogen) atoms. The summed E-state index contributed by atoms with van der Waals surface area (Å²) in [4.78, 5) is 40.7. The minimum atomic E-state index is -0.940. The van der Waals surface area contributed by atoms with Crippen molar-refractivity contribution in [2.75, 3.05) is 26.2 Å². The molecule has 1 aromatic heterocycles. The number of carbonyl (C=O) groups is 2. The summed E-state index contributed by atoms with van der Waals surface area (Å²) in [6.07, 6.45) is 3.36. The molecule has 0 bridgehead atoms. The molecule has 9 heteroatoms. The molecule has 1 N–H and O–H groups in total. The van der Waals surface area contributed by atoms with Crippen LogP contribution in [0.5, 0.6) is 0 Å². The number of carbonyl (C=O) groups excluding carboxylic acids is 2. The molecule has 1 saturated heterocycles. The van der Waals surface area contributed by atoms with Gasteiger partial charge in [-0.15, -0.1) is 0 Å². The number of rotatable bonds is 7. The molecule has 0 aliphatic carbocycles. The zero-order valence-electron chi connectivity index (χ0n) is 17.8. The third kappa shape index (κ3) is 4.16. The van der Waals surface area contributed by atoms with Crippen LogP contribution < -0.4 is 0 Å². The monoisotopic (exact) mass is 439 g/mol. The van der Waals surface area contributed by atoms with Gasteiger partial charge in [-0.1, -0.05) is 18.6 Å². The number of furan rings is 1. The molecule has 1 atom stereocenters. The number of hydrogen-bond acceptors (Lipinski definition) is 7. The van der Waals surface area contributed by atoms with E-state index in [9.17, 15) is 24.8 Å². The van der Waals surface area contributed by atoms with Crippen LogP contribution in [0.25, 0.3) is 0 Å². The van der Waals surface area contributed by atoms with Crippen LogP contribution in [-0.4, -0.2) is 57.7 Å². The summed E-state index contributed by atoms with van der Waals surface area (Å²) >= 11 is 0. The van der Waals surface area contributed by atoms with E-state index in [0.29, 0.717) is 17.9 Å². The fourth-order valence-electron chi connectivity index (χ4n) is 4.39. The van der Waals surface area contributed by atoms with E-state index in [1.165, 1.54) is 35.6 Å². The summed E-state index contributed by atoms with van der Waals surface area (Å²) in [5.74, 6) is -1.39. The van der Waals surface area contributed by atoms with E-state index in [0.717, 1.165) is 25.9 Å². The molecule has 1 fully saturated rings. The predicted molar refractivity (Wildman–Crippen MR) is 115 cm³/mol. The molecule has 0 saturated carbocycles. The summed E-state index contributed by atoms with van der Waals surface area (Å²) in [7, 11) is 0. The summed E-state index contributed by atoms with van der Waals surface area (Å²) in [6.45, 7) is 4.42. The lowest BCUT2D eigenvalue weighted by Crippen LogP contribution is -2.40. The molecule has 2 aliphatic rings. The van der Waals surface area contributed by atoms with E-state index in [4.69, 9.17) is 4.42 Å². The number of aliphatic hydroxyl groups excluding tert-OH is 1. The minimum absolute atomic E-state index is 0.00478. The van der Waals surface area contributed by atoms with Crippen molar-refractivity contribution < 1.29 is 24.0 Å². The van der Waals surface area contributed by atoms with Crippen molar-refractivity contribution in [1.29, 1.82) is 0 Å². The highest BCUT2D eigenvalue weighted by Crippen LogP contribution is 2.40. The number of ketones is 1. The molecule has 1 amide bonds. The van der Waals surface area contributed by atoms with Gasteiger partial charge in [-0.3, -0.25) is 19.7 Å². The number of nitrogens with zero attached hydrogens (tertiary/aromatic N) is 3. The average Bonchev–Trinajstić information content (AvgIpc) is 3.34. The van der Waals surface area contributed by atoms with Gasteiger partial charge in [0, 0.05) is 25.2 Å². The first-order valence-electron chi connectivity index (χ1n) is 10.7. The van der Waals surface area contributed by atoms with E-state index >= 15 is 0 Å². The third-order valence-corrected chi connectivity index (χ3v) is 6.02. The number of hydrogen-bond donors (Lipinski definition) is 1. The second-order valence-corrected chi connectivity index (χ2v) is 8.16.